The Bertz CT molecular complexity index is 922. The highest BCUT2D eigenvalue weighted by atomic mass is 19.4. The highest BCUT2D eigenvalue weighted by Crippen LogP contribution is 2.42. The number of piperidine rings is 1. The number of pyridine rings is 2. The van der Waals surface area contributed by atoms with Gasteiger partial charge in [-0.05, 0) is 55.4 Å². The largest absolute Gasteiger partial charge is 0.490 e. The number of halogens is 4. The van der Waals surface area contributed by atoms with E-state index in [-0.39, 0.29) is 11.5 Å². The lowest BCUT2D eigenvalue weighted by molar-refractivity contribution is -0.192. The molecule has 34 heavy (non-hydrogen) atoms. The molecule has 2 saturated heterocycles. The zero-order valence-electron chi connectivity index (χ0n) is 18.5. The van der Waals surface area contributed by atoms with Gasteiger partial charge < -0.3 is 14.6 Å². The molecule has 2 aromatic rings. The molecule has 0 saturated carbocycles. The van der Waals surface area contributed by atoms with Crippen LogP contribution in [-0.4, -0.2) is 64.0 Å². The number of ether oxygens (including phenoxy) is 2. The molecule has 0 bridgehead atoms. The molecule has 0 radical (unpaired) electrons. The van der Waals surface area contributed by atoms with E-state index in [0.29, 0.717) is 12.5 Å². The average Bonchev–Trinajstić information content (AvgIpc) is 3.19. The quantitative estimate of drug-likeness (QED) is 0.617. The maximum absolute atomic E-state index is 13.6. The second kappa shape index (κ2) is 11.6. The van der Waals surface area contributed by atoms with Crippen molar-refractivity contribution in [1.82, 2.24) is 14.9 Å². The predicted octanol–water partition coefficient (Wildman–Crippen LogP) is 4.09. The van der Waals surface area contributed by atoms with Gasteiger partial charge in [-0.1, -0.05) is 6.07 Å². The van der Waals surface area contributed by atoms with Crippen LogP contribution in [0.3, 0.4) is 0 Å². The molecule has 2 aromatic heterocycles. The maximum Gasteiger partial charge on any atom is 0.490 e. The molecule has 11 heteroatoms. The fraction of sp³-hybridized carbons (Fsp3) is 0.522. The van der Waals surface area contributed by atoms with Crippen molar-refractivity contribution in [3.63, 3.8) is 0 Å². The summed E-state index contributed by atoms with van der Waals surface area (Å²) in [5, 5.41) is 7.12. The Labute approximate surface area is 194 Å². The van der Waals surface area contributed by atoms with E-state index in [9.17, 15) is 17.6 Å². The minimum absolute atomic E-state index is 0.0442. The van der Waals surface area contributed by atoms with Gasteiger partial charge in [0.2, 0.25) is 5.88 Å². The van der Waals surface area contributed by atoms with E-state index < -0.39 is 18.0 Å². The van der Waals surface area contributed by atoms with Crippen LogP contribution in [0.25, 0.3) is 0 Å². The Kier molecular flexibility index (Phi) is 8.78. The van der Waals surface area contributed by atoms with E-state index in [1.165, 1.54) is 11.6 Å². The summed E-state index contributed by atoms with van der Waals surface area (Å²) in [5.74, 6) is -2.60. The van der Waals surface area contributed by atoms with Gasteiger partial charge in [0, 0.05) is 44.8 Å². The number of carboxylic acid groups (broad SMARTS) is 1. The summed E-state index contributed by atoms with van der Waals surface area (Å²) in [7, 11) is 0. The van der Waals surface area contributed by atoms with Crippen molar-refractivity contribution >= 4 is 5.97 Å². The Morgan fingerprint density at radius 3 is 2.56 bits per heavy atom. The summed E-state index contributed by atoms with van der Waals surface area (Å²) < 4.78 is 57.2. The summed E-state index contributed by atoms with van der Waals surface area (Å²) >= 11 is 0. The minimum atomic E-state index is -5.08. The van der Waals surface area contributed by atoms with Crippen LogP contribution in [0.5, 0.6) is 5.88 Å². The smallest absolute Gasteiger partial charge is 0.476 e. The van der Waals surface area contributed by atoms with Crippen molar-refractivity contribution in [2.75, 3.05) is 26.3 Å². The number of rotatable bonds is 6. The van der Waals surface area contributed by atoms with Gasteiger partial charge in [0.1, 0.15) is 0 Å². The predicted molar refractivity (Wildman–Crippen MR) is 114 cm³/mol. The van der Waals surface area contributed by atoms with Crippen molar-refractivity contribution in [1.29, 1.82) is 0 Å². The number of alkyl halides is 3. The van der Waals surface area contributed by atoms with E-state index in [4.69, 9.17) is 19.4 Å². The number of aromatic nitrogens is 2. The number of hydrogen-bond donors (Lipinski definition) is 1. The first-order valence-electron chi connectivity index (χ1n) is 11.0. The second-order valence-electron chi connectivity index (χ2n) is 8.27. The third kappa shape index (κ3) is 7.10. The molecule has 1 spiro atoms. The van der Waals surface area contributed by atoms with Gasteiger partial charge in [-0.3, -0.25) is 9.88 Å². The maximum atomic E-state index is 13.6. The van der Waals surface area contributed by atoms with Gasteiger partial charge in [0.25, 0.3) is 0 Å². The van der Waals surface area contributed by atoms with Crippen molar-refractivity contribution in [3.05, 3.63) is 54.2 Å². The molecule has 7 nitrogen and oxygen atoms in total. The lowest BCUT2D eigenvalue weighted by atomic mass is 9.78. The van der Waals surface area contributed by atoms with E-state index >= 15 is 0 Å². The lowest BCUT2D eigenvalue weighted by Gasteiger charge is -2.42. The minimum Gasteiger partial charge on any atom is -0.476 e. The number of nitrogens with zero attached hydrogens (tertiary/aromatic N) is 3. The first kappa shape index (κ1) is 25.8. The summed E-state index contributed by atoms with van der Waals surface area (Å²) in [6, 6.07) is 7.06. The van der Waals surface area contributed by atoms with Crippen LogP contribution in [0.1, 0.15) is 31.2 Å². The molecule has 4 heterocycles. The third-order valence-corrected chi connectivity index (χ3v) is 6.10. The molecule has 4 rings (SSSR count). The first-order valence-corrected chi connectivity index (χ1v) is 11.0. The average molecular weight is 485 g/mol. The Balaban J connectivity index is 0.000000406. The molecular formula is C23H27F4N3O4. The van der Waals surface area contributed by atoms with Crippen LogP contribution >= 0.6 is 0 Å². The van der Waals surface area contributed by atoms with Gasteiger partial charge in [-0.2, -0.15) is 13.2 Å². The van der Waals surface area contributed by atoms with Gasteiger partial charge in [-0.15, -0.1) is 0 Å². The number of likely N-dealkylation sites (tertiary alicyclic amines) is 1. The Morgan fingerprint density at radius 1 is 1.24 bits per heavy atom. The third-order valence-electron chi connectivity index (χ3n) is 6.10. The molecule has 2 fully saturated rings. The van der Waals surface area contributed by atoms with E-state index in [1.54, 1.807) is 12.3 Å². The van der Waals surface area contributed by atoms with Crippen LogP contribution in [0.4, 0.5) is 17.6 Å². The highest BCUT2D eigenvalue weighted by Gasteiger charge is 2.45. The van der Waals surface area contributed by atoms with Crippen LogP contribution in [0.2, 0.25) is 0 Å². The lowest BCUT2D eigenvalue weighted by Crippen LogP contribution is -2.47. The zero-order chi connectivity index (χ0) is 24.6. The van der Waals surface area contributed by atoms with Crippen LogP contribution in [-0.2, 0) is 16.1 Å². The van der Waals surface area contributed by atoms with E-state index in [2.05, 4.69) is 20.9 Å². The van der Waals surface area contributed by atoms with Gasteiger partial charge in [0.05, 0.1) is 12.2 Å². The van der Waals surface area contributed by atoms with Crippen LogP contribution in [0, 0.1) is 11.7 Å². The monoisotopic (exact) mass is 485 g/mol. The Morgan fingerprint density at radius 2 is 1.94 bits per heavy atom. The first-order chi connectivity index (χ1) is 16.2. The zero-order valence-corrected chi connectivity index (χ0v) is 18.5. The van der Waals surface area contributed by atoms with Gasteiger partial charge >= 0.3 is 12.1 Å². The topological polar surface area (TPSA) is 84.8 Å². The van der Waals surface area contributed by atoms with E-state index in [0.717, 1.165) is 51.9 Å². The molecule has 186 valence electrons. The van der Waals surface area contributed by atoms with Crippen molar-refractivity contribution in [2.45, 2.75) is 44.0 Å². The summed E-state index contributed by atoms with van der Waals surface area (Å²) in [6.45, 7) is 4.28. The van der Waals surface area contributed by atoms with Crippen molar-refractivity contribution in [3.8, 4) is 5.88 Å². The number of carbonyl (C=O) groups is 1. The fourth-order valence-electron chi connectivity index (χ4n) is 4.36. The number of aliphatic carboxylic acids is 1. The van der Waals surface area contributed by atoms with Gasteiger partial charge in [-0.25, -0.2) is 14.2 Å². The van der Waals surface area contributed by atoms with Crippen molar-refractivity contribution < 1.29 is 36.9 Å². The normalized spacial score (nSPS) is 19.9. The standard InChI is InChI=1S/C21H26FN3O2.C2HF3O2/c22-19-4-2-10-24-20(19)26-13-5-18-6-14-27-21(18)7-11-25(12-8-21)16-17-3-1-9-23-15-17;3-2(4,5)1(6)7/h1-4,9-10,15,18H,5-8,11-14,16H2;(H,6,7). The molecule has 2 aliphatic heterocycles. The highest BCUT2D eigenvalue weighted by molar-refractivity contribution is 5.73. The summed E-state index contributed by atoms with van der Waals surface area (Å²) in [5.41, 5.74) is 1.21. The van der Waals surface area contributed by atoms with E-state index in [1.807, 2.05) is 18.5 Å². The molecule has 0 aliphatic carbocycles. The molecule has 0 amide bonds. The molecule has 2 aliphatic rings. The van der Waals surface area contributed by atoms with Crippen molar-refractivity contribution in [2.24, 2.45) is 5.92 Å². The second-order valence-corrected chi connectivity index (χ2v) is 8.27. The van der Waals surface area contributed by atoms with Crippen LogP contribution in [0.15, 0.2) is 42.9 Å². The SMILES string of the molecule is Fc1cccnc1OCCC1CCOC12CCN(Cc1cccnc1)CC2.O=C(O)C(F)(F)F. The number of carboxylic acids is 1. The molecule has 1 unspecified atom stereocenters. The Hall–Kier alpha value is -2.79. The molecule has 1 atom stereocenters. The molecule has 1 N–H and O–H groups in total. The fourth-order valence-corrected chi connectivity index (χ4v) is 4.36. The molecular weight excluding hydrogens is 458 g/mol. The number of hydrogen-bond acceptors (Lipinski definition) is 6. The molecule has 0 aromatic carbocycles. The van der Waals surface area contributed by atoms with Gasteiger partial charge in [0.15, 0.2) is 5.82 Å². The van der Waals surface area contributed by atoms with Crippen LogP contribution < -0.4 is 4.74 Å². The summed E-state index contributed by atoms with van der Waals surface area (Å²) in [6.07, 6.45) is 4.22. The summed E-state index contributed by atoms with van der Waals surface area (Å²) in [4.78, 5) is 19.5.